The predicted octanol–water partition coefficient (Wildman–Crippen LogP) is 2.06. The Balaban J connectivity index is 1.59. The summed E-state index contributed by atoms with van der Waals surface area (Å²) < 4.78 is 7.15. The average Bonchev–Trinajstić information content (AvgIpc) is 3.09. The molecule has 3 rings (SSSR count). The molecule has 0 aliphatic carbocycles. The van der Waals surface area contributed by atoms with Crippen LogP contribution in [0, 0.1) is 0 Å². The van der Waals surface area contributed by atoms with Crippen molar-refractivity contribution < 1.29 is 4.42 Å². The maximum Gasteiger partial charge on any atom is 0.277 e. The van der Waals surface area contributed by atoms with E-state index in [4.69, 9.17) is 4.42 Å². The summed E-state index contributed by atoms with van der Waals surface area (Å²) in [4.78, 5) is 5.14. The minimum Gasteiger partial charge on any atom is -0.414 e. The summed E-state index contributed by atoms with van der Waals surface area (Å²) in [6, 6.07) is 4.12. The third kappa shape index (κ3) is 2.77. The molecule has 6 nitrogen and oxygen atoms in total. The predicted molar refractivity (Wildman–Crippen MR) is 67.3 cm³/mol. The molecule has 92 valence electrons. The zero-order chi connectivity index (χ0) is 12.2. The van der Waals surface area contributed by atoms with Crippen LogP contribution < -0.4 is 0 Å². The van der Waals surface area contributed by atoms with Crippen molar-refractivity contribution in [3.63, 3.8) is 0 Å². The normalized spacial score (nSPS) is 10.9. The highest BCUT2D eigenvalue weighted by Crippen LogP contribution is 2.23. The lowest BCUT2D eigenvalue weighted by molar-refractivity contribution is 0.397. The molecule has 0 N–H and O–H groups in total. The molecule has 0 unspecified atom stereocenters. The fourth-order valence-corrected chi connectivity index (χ4v) is 2.89. The van der Waals surface area contributed by atoms with Crippen LogP contribution >= 0.6 is 23.1 Å². The summed E-state index contributed by atoms with van der Waals surface area (Å²) in [5.41, 5.74) is 0. The Bertz CT molecular complexity index is 590. The molecule has 3 aromatic rings. The van der Waals surface area contributed by atoms with Crippen LogP contribution in [0.1, 0.15) is 10.8 Å². The Kier molecular flexibility index (Phi) is 3.37. The van der Waals surface area contributed by atoms with Crippen LogP contribution in [-0.2, 0) is 12.3 Å². The maximum absolute atomic E-state index is 5.51. The summed E-state index contributed by atoms with van der Waals surface area (Å²) in [6.45, 7) is 0.451. The third-order valence-electron chi connectivity index (χ3n) is 2.13. The fourth-order valence-electron chi connectivity index (χ4n) is 1.34. The molecule has 0 aliphatic rings. The van der Waals surface area contributed by atoms with Gasteiger partial charge in [-0.15, -0.1) is 21.5 Å². The molecule has 0 amide bonds. The van der Waals surface area contributed by atoms with Gasteiger partial charge in [-0.05, 0) is 11.4 Å². The Morgan fingerprint density at radius 2 is 2.39 bits per heavy atom. The van der Waals surface area contributed by atoms with E-state index < -0.39 is 0 Å². The van der Waals surface area contributed by atoms with Crippen molar-refractivity contribution in [3.8, 4) is 0 Å². The second kappa shape index (κ2) is 5.32. The zero-order valence-corrected chi connectivity index (χ0v) is 10.9. The second-order valence-corrected chi connectivity index (χ2v) is 5.38. The molecule has 0 saturated heterocycles. The molecular weight excluding hydrogens is 270 g/mol. The van der Waals surface area contributed by atoms with E-state index in [2.05, 4.69) is 31.7 Å². The van der Waals surface area contributed by atoms with Crippen molar-refractivity contribution >= 4 is 23.1 Å². The smallest absolute Gasteiger partial charge is 0.277 e. The lowest BCUT2D eigenvalue weighted by atomic mass is 10.5. The van der Waals surface area contributed by atoms with Crippen LogP contribution in [0.5, 0.6) is 0 Å². The molecule has 0 aliphatic heterocycles. The van der Waals surface area contributed by atoms with Gasteiger partial charge in [0.1, 0.15) is 19.2 Å². The highest BCUT2D eigenvalue weighted by atomic mass is 32.2. The van der Waals surface area contributed by atoms with Crippen molar-refractivity contribution in [1.29, 1.82) is 0 Å². The van der Waals surface area contributed by atoms with E-state index in [9.17, 15) is 0 Å². The molecule has 0 fully saturated rings. The SMILES string of the molecule is c1csc(CSc2nnc(Cn3cncn3)o2)c1. The van der Waals surface area contributed by atoms with Crippen molar-refractivity contribution in [3.05, 3.63) is 40.9 Å². The van der Waals surface area contributed by atoms with E-state index in [1.54, 1.807) is 22.3 Å². The van der Waals surface area contributed by atoms with Crippen LogP contribution in [0.15, 0.2) is 39.8 Å². The van der Waals surface area contributed by atoms with Gasteiger partial charge in [-0.25, -0.2) is 9.67 Å². The quantitative estimate of drug-likeness (QED) is 0.666. The van der Waals surface area contributed by atoms with Crippen molar-refractivity contribution in [1.82, 2.24) is 25.0 Å². The minimum absolute atomic E-state index is 0.451. The van der Waals surface area contributed by atoms with Gasteiger partial charge >= 0.3 is 0 Å². The van der Waals surface area contributed by atoms with Gasteiger partial charge in [0.05, 0.1) is 0 Å². The summed E-state index contributed by atoms with van der Waals surface area (Å²) in [5.74, 6) is 1.39. The van der Waals surface area contributed by atoms with Gasteiger partial charge in [0, 0.05) is 10.6 Å². The molecule has 0 aromatic carbocycles. The monoisotopic (exact) mass is 279 g/mol. The maximum atomic E-state index is 5.51. The largest absolute Gasteiger partial charge is 0.414 e. The number of rotatable bonds is 5. The minimum atomic E-state index is 0.451. The third-order valence-corrected chi connectivity index (χ3v) is 4.06. The van der Waals surface area contributed by atoms with E-state index >= 15 is 0 Å². The zero-order valence-electron chi connectivity index (χ0n) is 9.26. The molecule has 0 bridgehead atoms. The standard InChI is InChI=1S/C10H9N5OS2/c1-2-8(17-3-1)5-18-10-14-13-9(16-10)4-15-7-11-6-12-15/h1-3,6-7H,4-5H2. The van der Waals surface area contributed by atoms with Crippen LogP contribution in [0.25, 0.3) is 0 Å². The fraction of sp³-hybridized carbons (Fsp3) is 0.200. The summed E-state index contributed by atoms with van der Waals surface area (Å²) in [6.07, 6.45) is 3.09. The van der Waals surface area contributed by atoms with E-state index in [1.807, 2.05) is 6.07 Å². The average molecular weight is 279 g/mol. The summed E-state index contributed by atoms with van der Waals surface area (Å²) in [7, 11) is 0. The van der Waals surface area contributed by atoms with Gasteiger partial charge in [0.15, 0.2) is 0 Å². The number of thioether (sulfide) groups is 1. The molecular formula is C10H9N5OS2. The molecule has 3 heterocycles. The lowest BCUT2D eigenvalue weighted by Gasteiger charge is -1.94. The Morgan fingerprint density at radius 3 is 3.17 bits per heavy atom. The van der Waals surface area contributed by atoms with Crippen LogP contribution in [-0.4, -0.2) is 25.0 Å². The van der Waals surface area contributed by atoms with Gasteiger partial charge in [-0.3, -0.25) is 0 Å². The molecule has 0 spiro atoms. The van der Waals surface area contributed by atoms with Crippen LogP contribution in [0.4, 0.5) is 0 Å². The molecule has 8 heteroatoms. The van der Waals surface area contributed by atoms with Crippen LogP contribution in [0.2, 0.25) is 0 Å². The number of aromatic nitrogens is 5. The molecule has 18 heavy (non-hydrogen) atoms. The van der Waals surface area contributed by atoms with Crippen molar-refractivity contribution in [2.24, 2.45) is 0 Å². The van der Waals surface area contributed by atoms with E-state index in [0.717, 1.165) is 5.75 Å². The first-order valence-electron chi connectivity index (χ1n) is 5.20. The van der Waals surface area contributed by atoms with Gasteiger partial charge in [-0.1, -0.05) is 17.8 Å². The van der Waals surface area contributed by atoms with Gasteiger partial charge < -0.3 is 4.42 Å². The number of thiophene rings is 1. The lowest BCUT2D eigenvalue weighted by Crippen LogP contribution is -1.99. The van der Waals surface area contributed by atoms with E-state index in [-0.39, 0.29) is 0 Å². The Hall–Kier alpha value is -1.67. The first-order valence-corrected chi connectivity index (χ1v) is 7.06. The molecule has 0 radical (unpaired) electrons. The highest BCUT2D eigenvalue weighted by molar-refractivity contribution is 7.98. The number of nitrogens with zero attached hydrogens (tertiary/aromatic N) is 5. The van der Waals surface area contributed by atoms with E-state index in [0.29, 0.717) is 17.7 Å². The van der Waals surface area contributed by atoms with E-state index in [1.165, 1.54) is 23.0 Å². The Morgan fingerprint density at radius 1 is 1.39 bits per heavy atom. The van der Waals surface area contributed by atoms with Gasteiger partial charge in [-0.2, -0.15) is 5.10 Å². The highest BCUT2D eigenvalue weighted by Gasteiger charge is 2.08. The number of hydrogen-bond acceptors (Lipinski definition) is 7. The van der Waals surface area contributed by atoms with Gasteiger partial charge in [0.2, 0.25) is 5.89 Å². The number of hydrogen-bond donors (Lipinski definition) is 0. The first kappa shape index (κ1) is 11.4. The van der Waals surface area contributed by atoms with Crippen LogP contribution in [0.3, 0.4) is 0 Å². The molecule has 0 saturated carbocycles. The van der Waals surface area contributed by atoms with Gasteiger partial charge in [0.25, 0.3) is 5.22 Å². The Labute approximate surface area is 111 Å². The molecule has 0 atom stereocenters. The van der Waals surface area contributed by atoms with Crippen molar-refractivity contribution in [2.45, 2.75) is 17.5 Å². The molecule has 3 aromatic heterocycles. The summed E-state index contributed by atoms with van der Waals surface area (Å²) >= 11 is 3.26. The van der Waals surface area contributed by atoms with Crippen molar-refractivity contribution in [2.75, 3.05) is 0 Å². The first-order chi connectivity index (χ1) is 8.90. The second-order valence-electron chi connectivity index (χ2n) is 3.42. The topological polar surface area (TPSA) is 69.6 Å². The summed E-state index contributed by atoms with van der Waals surface area (Å²) in [5, 5.41) is 14.6.